The van der Waals surface area contributed by atoms with Gasteiger partial charge in [0.25, 0.3) is 0 Å². The van der Waals surface area contributed by atoms with Crippen LogP contribution in [0, 0.1) is 96.9 Å². The number of pyridine rings is 7. The third kappa shape index (κ3) is 29.3. The predicted molar refractivity (Wildman–Crippen MR) is 434 cm³/mol. The fraction of sp³-hybridized carbons (Fsp3) is 0.315. The highest BCUT2D eigenvalue weighted by atomic mass is 14.9. The lowest BCUT2D eigenvalue weighted by Gasteiger charge is -2.00. The van der Waals surface area contributed by atoms with E-state index in [1.54, 1.807) is 6.20 Å². The molecule has 518 valence electrons. The molecule has 6 aromatic carbocycles. The second-order valence-corrected chi connectivity index (χ2v) is 21.7. The van der Waals surface area contributed by atoms with E-state index in [-0.39, 0.29) is 0 Å². The second-order valence-electron chi connectivity index (χ2n) is 21.7. The van der Waals surface area contributed by atoms with Gasteiger partial charge in [0.05, 0.1) is 33.1 Å². The van der Waals surface area contributed by atoms with Gasteiger partial charge < -0.3 is 0 Å². The van der Waals surface area contributed by atoms with E-state index in [1.807, 2.05) is 219 Å². The first kappa shape index (κ1) is 86.3. The number of aryl methyl sites for hydroxylation is 14. The zero-order valence-electron chi connectivity index (χ0n) is 65.1. The molecule has 0 bridgehead atoms. The first-order chi connectivity index (χ1) is 47.3. The minimum absolute atomic E-state index is 0.839. The van der Waals surface area contributed by atoms with Crippen LogP contribution < -0.4 is 0 Å². The summed E-state index contributed by atoms with van der Waals surface area (Å²) >= 11 is 0. The Hall–Kier alpha value is -9.73. The molecule has 0 N–H and O–H groups in total. The maximum Gasteiger partial charge on any atom is 0.126 e. The summed E-state index contributed by atoms with van der Waals surface area (Å²) in [6, 6.07) is 60.5. The van der Waals surface area contributed by atoms with Crippen molar-refractivity contribution in [2.75, 3.05) is 0 Å². The maximum absolute atomic E-state index is 4.42. The molecule has 0 spiro atoms. The Morgan fingerprint density at radius 3 is 1.07 bits per heavy atom. The smallest absolute Gasteiger partial charge is 0.126 e. The SMILES string of the molecule is CC.CC.CC.CC.CC.CC.CC.Cc1cc2ncccc2c(C)n1.Cc1ccc2cc(C)ncc2c1.Cc1ccc2nc(C)ccc2c1.Cc1ccc2nc(C)ccc2c1.Cc1cnc2cc(C)ccc2c1.Cc1cnc2cc(C)ccc2c1.Cc1nc(C)c2ccccc2n1. The van der Waals surface area contributed by atoms with Crippen molar-refractivity contribution in [3.8, 4) is 0 Å². The zero-order chi connectivity index (χ0) is 73.9. The minimum Gasteiger partial charge on any atom is -0.261 e. The topological polar surface area (TPSA) is 116 Å². The molecule has 0 aliphatic carbocycles. The van der Waals surface area contributed by atoms with E-state index < -0.39 is 0 Å². The van der Waals surface area contributed by atoms with Gasteiger partial charge in [0, 0.05) is 96.7 Å². The molecule has 8 aromatic heterocycles. The molecule has 0 aliphatic heterocycles. The summed E-state index contributed by atoms with van der Waals surface area (Å²) in [6.45, 7) is 56.5. The molecule has 0 atom stereocenters. The molecule has 0 aliphatic rings. The lowest BCUT2D eigenvalue weighted by Crippen LogP contribution is -1.92. The number of rotatable bonds is 0. The molecule has 0 saturated heterocycles. The van der Waals surface area contributed by atoms with Crippen molar-refractivity contribution < 1.29 is 0 Å². The number of para-hydroxylation sites is 1. The molecule has 14 rings (SSSR count). The molecule has 9 nitrogen and oxygen atoms in total. The summed E-state index contributed by atoms with van der Waals surface area (Å²) in [6.07, 6.45) is 7.54. The third-order valence-corrected chi connectivity index (χ3v) is 13.8. The van der Waals surface area contributed by atoms with E-state index in [1.165, 1.54) is 71.3 Å². The van der Waals surface area contributed by atoms with Crippen molar-refractivity contribution in [2.45, 2.75) is 194 Å². The highest BCUT2D eigenvalue weighted by molar-refractivity contribution is 5.84. The van der Waals surface area contributed by atoms with E-state index >= 15 is 0 Å². The molecule has 0 fully saturated rings. The summed E-state index contributed by atoms with van der Waals surface area (Å²) in [5.41, 5.74) is 21.6. The number of hydrogen-bond acceptors (Lipinski definition) is 9. The summed E-state index contributed by atoms with van der Waals surface area (Å²) in [5.74, 6) is 0.839. The van der Waals surface area contributed by atoms with Crippen LogP contribution in [-0.2, 0) is 0 Å². The largest absolute Gasteiger partial charge is 0.261 e. The minimum atomic E-state index is 0.839. The highest BCUT2D eigenvalue weighted by Gasteiger charge is 2.02. The van der Waals surface area contributed by atoms with E-state index in [0.29, 0.717) is 0 Å². The van der Waals surface area contributed by atoms with Gasteiger partial charge in [-0.15, -0.1) is 0 Å². The van der Waals surface area contributed by atoms with Crippen LogP contribution >= 0.6 is 0 Å². The van der Waals surface area contributed by atoms with E-state index in [9.17, 15) is 0 Å². The monoisotopic (exact) mass is 1310 g/mol. The summed E-state index contributed by atoms with van der Waals surface area (Å²) in [7, 11) is 0. The van der Waals surface area contributed by atoms with E-state index in [0.717, 1.165) is 83.9 Å². The number of nitrogens with zero attached hydrogens (tertiary/aromatic N) is 9. The van der Waals surface area contributed by atoms with Crippen molar-refractivity contribution in [3.05, 3.63) is 280 Å². The van der Waals surface area contributed by atoms with Gasteiger partial charge in [-0.05, 0) is 222 Å². The Kier molecular flexibility index (Phi) is 42.3. The number of benzene rings is 6. The Balaban J connectivity index is 0.000000554. The average molecular weight is 1310 g/mol. The quantitative estimate of drug-likeness (QED) is 0.146. The molecule has 98 heavy (non-hydrogen) atoms. The van der Waals surface area contributed by atoms with Crippen molar-refractivity contribution in [1.29, 1.82) is 0 Å². The van der Waals surface area contributed by atoms with Crippen molar-refractivity contribution in [1.82, 2.24) is 44.9 Å². The Bertz CT molecular complexity index is 3800. The van der Waals surface area contributed by atoms with Crippen LogP contribution in [0.15, 0.2) is 201 Å². The fourth-order valence-corrected chi connectivity index (χ4v) is 9.52. The van der Waals surface area contributed by atoms with Gasteiger partial charge in [0.15, 0.2) is 0 Å². The van der Waals surface area contributed by atoms with Gasteiger partial charge >= 0.3 is 0 Å². The Morgan fingerprint density at radius 1 is 0.204 bits per heavy atom. The number of aromatic nitrogens is 9. The first-order valence-corrected chi connectivity index (χ1v) is 35.4. The van der Waals surface area contributed by atoms with Crippen LogP contribution in [0.25, 0.3) is 76.2 Å². The predicted octanol–water partition coefficient (Wildman–Crippen LogP) is 25.9. The summed E-state index contributed by atoms with van der Waals surface area (Å²) < 4.78 is 0. The van der Waals surface area contributed by atoms with Gasteiger partial charge in [-0.3, -0.25) is 34.9 Å². The average Bonchev–Trinajstić information content (AvgIpc) is 0.907. The van der Waals surface area contributed by atoms with Crippen LogP contribution in [-0.4, -0.2) is 44.9 Å². The van der Waals surface area contributed by atoms with Crippen LogP contribution in [0.4, 0.5) is 0 Å². The Labute approximate surface area is 591 Å². The molecule has 9 heteroatoms. The van der Waals surface area contributed by atoms with Crippen LogP contribution in [0.2, 0.25) is 0 Å². The van der Waals surface area contributed by atoms with Gasteiger partial charge in [-0.25, -0.2) is 9.97 Å². The standard InChI is InChI=1S/5C11H11N.2C10H10N2.7C2H6/c2*1-8-3-6-11-10(7-8)5-4-9(2)12-11;2*1-8-3-4-10-5-9(2)7-12-11(10)6-8;1-8-3-4-10-6-9(2)12-7-11(10)5-8;1-7-6-10-9(8(2)12-7)4-3-5-11-10;1-7-9-5-3-4-6-10(9)12-8(2)11-7;7*1-2/h5*3-7H,1-2H3;2*3-6H,1-2H3;7*1-2H3. The molecular formula is C89H117N9. The lowest BCUT2D eigenvalue weighted by molar-refractivity contribution is 1.05. The van der Waals surface area contributed by atoms with Gasteiger partial charge in [0.2, 0.25) is 0 Å². The molecule has 0 radical (unpaired) electrons. The lowest BCUT2D eigenvalue weighted by atomic mass is 10.1. The summed E-state index contributed by atoms with van der Waals surface area (Å²) in [5, 5.41) is 9.67. The van der Waals surface area contributed by atoms with Crippen molar-refractivity contribution >= 4 is 76.2 Å². The normalized spacial score (nSPS) is 9.43. The van der Waals surface area contributed by atoms with E-state index in [2.05, 4.69) is 215 Å². The summed E-state index contributed by atoms with van der Waals surface area (Å²) in [4.78, 5) is 39.0. The highest BCUT2D eigenvalue weighted by Crippen LogP contribution is 2.20. The first-order valence-electron chi connectivity index (χ1n) is 35.4. The molecule has 0 amide bonds. The fourth-order valence-electron chi connectivity index (χ4n) is 9.52. The van der Waals surface area contributed by atoms with Gasteiger partial charge in [-0.1, -0.05) is 192 Å². The molecule has 0 saturated carbocycles. The molecule has 8 heterocycles. The second kappa shape index (κ2) is 48.0. The van der Waals surface area contributed by atoms with Crippen LogP contribution in [0.1, 0.15) is 176 Å². The van der Waals surface area contributed by atoms with Crippen LogP contribution in [0.5, 0.6) is 0 Å². The molecule has 0 unspecified atom stereocenters. The van der Waals surface area contributed by atoms with Crippen molar-refractivity contribution in [3.63, 3.8) is 0 Å². The third-order valence-electron chi connectivity index (χ3n) is 13.8. The van der Waals surface area contributed by atoms with Gasteiger partial charge in [-0.2, -0.15) is 0 Å². The number of hydrogen-bond donors (Lipinski definition) is 0. The van der Waals surface area contributed by atoms with Crippen molar-refractivity contribution in [2.24, 2.45) is 0 Å². The molecular weight excluding hydrogens is 1200 g/mol. The Morgan fingerprint density at radius 2 is 0.582 bits per heavy atom. The number of fused-ring (bicyclic) bond motifs is 7. The molecule has 14 aromatic rings. The van der Waals surface area contributed by atoms with Crippen LogP contribution in [0.3, 0.4) is 0 Å². The maximum atomic E-state index is 4.42. The van der Waals surface area contributed by atoms with Gasteiger partial charge in [0.1, 0.15) is 5.82 Å². The zero-order valence-corrected chi connectivity index (χ0v) is 65.1. The van der Waals surface area contributed by atoms with E-state index in [4.69, 9.17) is 0 Å².